The third-order valence-corrected chi connectivity index (χ3v) is 3.55. The van der Waals surface area contributed by atoms with Crippen molar-refractivity contribution in [3.8, 4) is 0 Å². The molecule has 3 N–H and O–H groups in total. The fourth-order valence-electron chi connectivity index (χ4n) is 2.15. The summed E-state index contributed by atoms with van der Waals surface area (Å²) in [4.78, 5) is 12.0. The van der Waals surface area contributed by atoms with Crippen LogP contribution in [-0.4, -0.2) is 17.5 Å². The predicted molar refractivity (Wildman–Crippen MR) is 84.5 cm³/mol. The second kappa shape index (κ2) is 8.05. The van der Waals surface area contributed by atoms with Crippen LogP contribution in [0, 0.1) is 0 Å². The molecule has 0 unspecified atom stereocenters. The minimum atomic E-state index is -0.383. The van der Waals surface area contributed by atoms with E-state index in [9.17, 15) is 4.79 Å². The third-order valence-electron chi connectivity index (χ3n) is 3.55. The van der Waals surface area contributed by atoms with Crippen LogP contribution in [0.2, 0.25) is 0 Å². The van der Waals surface area contributed by atoms with Gasteiger partial charge >= 0.3 is 0 Å². The average molecular weight is 276 g/mol. The van der Waals surface area contributed by atoms with E-state index in [1.807, 2.05) is 18.2 Å². The smallest absolute Gasteiger partial charge is 0.237 e. The van der Waals surface area contributed by atoms with Gasteiger partial charge in [0.15, 0.2) is 0 Å². The van der Waals surface area contributed by atoms with Crippen LogP contribution in [0.25, 0.3) is 0 Å². The van der Waals surface area contributed by atoms with Gasteiger partial charge in [0.2, 0.25) is 5.91 Å². The average Bonchev–Trinajstić information content (AvgIpc) is 2.43. The molecule has 0 saturated carbocycles. The molecule has 1 amide bonds. The molecule has 1 atom stereocenters. The van der Waals surface area contributed by atoms with Crippen LogP contribution in [-0.2, 0) is 11.2 Å². The zero-order chi connectivity index (χ0) is 15.0. The predicted octanol–water partition coefficient (Wildman–Crippen LogP) is 3.03. The Hall–Kier alpha value is -1.35. The molecule has 0 spiro atoms. The number of hydrogen-bond donors (Lipinski definition) is 2. The van der Waals surface area contributed by atoms with E-state index in [0.717, 1.165) is 32.1 Å². The van der Waals surface area contributed by atoms with Crippen LogP contribution in [0.3, 0.4) is 0 Å². The number of nitrogens with two attached hydrogens (primary N) is 1. The molecular weight excluding hydrogens is 248 g/mol. The van der Waals surface area contributed by atoms with Crippen LogP contribution in [0.1, 0.15) is 52.0 Å². The van der Waals surface area contributed by atoms with Gasteiger partial charge in [-0.1, -0.05) is 50.1 Å². The summed E-state index contributed by atoms with van der Waals surface area (Å²) in [6, 6.07) is 9.95. The van der Waals surface area contributed by atoms with Gasteiger partial charge in [0.05, 0.1) is 6.04 Å². The van der Waals surface area contributed by atoms with Crippen LogP contribution in [0.15, 0.2) is 30.3 Å². The van der Waals surface area contributed by atoms with Gasteiger partial charge in [-0.2, -0.15) is 0 Å². The summed E-state index contributed by atoms with van der Waals surface area (Å²) in [5, 5.41) is 3.07. The van der Waals surface area contributed by atoms with E-state index >= 15 is 0 Å². The molecule has 0 bridgehead atoms. The number of carbonyl (C=O) groups excluding carboxylic acids is 1. The first-order chi connectivity index (χ1) is 9.44. The Bertz CT molecular complexity index is 401. The van der Waals surface area contributed by atoms with Gasteiger partial charge in [-0.25, -0.2) is 0 Å². The molecule has 0 aromatic heterocycles. The Morgan fingerprint density at radius 1 is 1.30 bits per heavy atom. The van der Waals surface area contributed by atoms with E-state index < -0.39 is 0 Å². The van der Waals surface area contributed by atoms with Gasteiger partial charge in [-0.15, -0.1) is 0 Å². The maximum absolute atomic E-state index is 12.0. The SMILES string of the molecule is CCCC[C@H](N)C(=O)NC(C)(C)CCc1ccccc1. The maximum atomic E-state index is 12.0. The summed E-state index contributed by atoms with van der Waals surface area (Å²) < 4.78 is 0. The minimum absolute atomic E-state index is 0.0310. The first-order valence-electron chi connectivity index (χ1n) is 7.56. The lowest BCUT2D eigenvalue weighted by Crippen LogP contribution is -2.50. The number of hydrogen-bond acceptors (Lipinski definition) is 2. The molecule has 0 heterocycles. The fourth-order valence-corrected chi connectivity index (χ4v) is 2.15. The van der Waals surface area contributed by atoms with Gasteiger partial charge in [-0.3, -0.25) is 4.79 Å². The monoisotopic (exact) mass is 276 g/mol. The Balaban J connectivity index is 2.42. The Morgan fingerprint density at radius 3 is 2.55 bits per heavy atom. The summed E-state index contributed by atoms with van der Waals surface area (Å²) >= 11 is 0. The van der Waals surface area contributed by atoms with Gasteiger partial charge in [0, 0.05) is 5.54 Å². The van der Waals surface area contributed by atoms with Crippen LogP contribution < -0.4 is 11.1 Å². The molecule has 0 aliphatic rings. The first kappa shape index (κ1) is 16.7. The van der Waals surface area contributed by atoms with Crippen molar-refractivity contribution in [2.24, 2.45) is 5.73 Å². The second-order valence-electron chi connectivity index (χ2n) is 6.11. The van der Waals surface area contributed by atoms with Crippen LogP contribution >= 0.6 is 0 Å². The molecule has 0 saturated heterocycles. The highest BCUT2D eigenvalue weighted by atomic mass is 16.2. The van der Waals surface area contributed by atoms with E-state index in [1.165, 1.54) is 5.56 Å². The normalized spacial score (nSPS) is 13.0. The topological polar surface area (TPSA) is 55.1 Å². The van der Waals surface area contributed by atoms with Crippen molar-refractivity contribution in [3.63, 3.8) is 0 Å². The summed E-state index contributed by atoms with van der Waals surface area (Å²) in [5.41, 5.74) is 6.98. The molecule has 20 heavy (non-hydrogen) atoms. The fraction of sp³-hybridized carbons (Fsp3) is 0.588. The van der Waals surface area contributed by atoms with Crippen molar-refractivity contribution in [2.45, 2.75) is 64.5 Å². The Kier molecular flexibility index (Phi) is 6.73. The molecule has 1 rings (SSSR count). The molecule has 0 fully saturated rings. The van der Waals surface area contributed by atoms with Gasteiger partial charge < -0.3 is 11.1 Å². The Labute approximate surface area is 122 Å². The standard InChI is InChI=1S/C17H28N2O/c1-4-5-11-15(18)16(20)19-17(2,3)13-12-14-9-7-6-8-10-14/h6-10,15H,4-5,11-13,18H2,1-3H3,(H,19,20)/t15-/m0/s1. The van der Waals surface area contributed by atoms with Gasteiger partial charge in [-0.05, 0) is 38.7 Å². The molecule has 1 aromatic rings. The number of carbonyl (C=O) groups is 1. The summed E-state index contributed by atoms with van der Waals surface area (Å²) in [5.74, 6) is -0.0310. The molecular formula is C17H28N2O. The number of rotatable bonds is 8. The van der Waals surface area contributed by atoms with Crippen molar-refractivity contribution in [3.05, 3.63) is 35.9 Å². The van der Waals surface area contributed by atoms with Gasteiger partial charge in [0.1, 0.15) is 0 Å². The maximum Gasteiger partial charge on any atom is 0.237 e. The lowest BCUT2D eigenvalue weighted by Gasteiger charge is -2.28. The molecule has 112 valence electrons. The van der Waals surface area contributed by atoms with E-state index in [1.54, 1.807) is 0 Å². The van der Waals surface area contributed by atoms with Crippen molar-refractivity contribution in [1.29, 1.82) is 0 Å². The van der Waals surface area contributed by atoms with Gasteiger partial charge in [0.25, 0.3) is 0 Å². The highest BCUT2D eigenvalue weighted by Crippen LogP contribution is 2.14. The first-order valence-corrected chi connectivity index (χ1v) is 7.56. The van der Waals surface area contributed by atoms with Crippen molar-refractivity contribution in [1.82, 2.24) is 5.32 Å². The number of nitrogens with one attached hydrogen (secondary N) is 1. The summed E-state index contributed by atoms with van der Waals surface area (Å²) in [7, 11) is 0. The highest BCUT2D eigenvalue weighted by molar-refractivity contribution is 5.82. The third kappa shape index (κ3) is 6.20. The molecule has 1 aromatic carbocycles. The van der Waals surface area contributed by atoms with Crippen LogP contribution in [0.4, 0.5) is 0 Å². The molecule has 3 heteroatoms. The molecule has 3 nitrogen and oxygen atoms in total. The zero-order valence-electron chi connectivity index (χ0n) is 13.0. The summed E-state index contributed by atoms with van der Waals surface area (Å²) in [6.07, 6.45) is 4.69. The van der Waals surface area contributed by atoms with E-state index in [-0.39, 0.29) is 17.5 Å². The Morgan fingerprint density at radius 2 is 1.95 bits per heavy atom. The lowest BCUT2D eigenvalue weighted by atomic mass is 9.94. The van der Waals surface area contributed by atoms with Crippen molar-refractivity contribution in [2.75, 3.05) is 0 Å². The van der Waals surface area contributed by atoms with E-state index in [4.69, 9.17) is 5.73 Å². The highest BCUT2D eigenvalue weighted by Gasteiger charge is 2.23. The molecule has 0 radical (unpaired) electrons. The van der Waals surface area contributed by atoms with E-state index in [0.29, 0.717) is 0 Å². The minimum Gasteiger partial charge on any atom is -0.350 e. The number of amides is 1. The number of aryl methyl sites for hydroxylation is 1. The second-order valence-corrected chi connectivity index (χ2v) is 6.11. The molecule has 0 aliphatic heterocycles. The van der Waals surface area contributed by atoms with E-state index in [2.05, 4.69) is 38.2 Å². The largest absolute Gasteiger partial charge is 0.350 e. The number of benzene rings is 1. The quantitative estimate of drug-likeness (QED) is 0.767. The summed E-state index contributed by atoms with van der Waals surface area (Å²) in [6.45, 7) is 6.22. The lowest BCUT2D eigenvalue weighted by molar-refractivity contribution is -0.124. The van der Waals surface area contributed by atoms with Crippen molar-refractivity contribution < 1.29 is 4.79 Å². The zero-order valence-corrected chi connectivity index (χ0v) is 13.0. The van der Waals surface area contributed by atoms with Crippen LogP contribution in [0.5, 0.6) is 0 Å². The molecule has 0 aliphatic carbocycles. The number of unbranched alkanes of at least 4 members (excludes halogenated alkanes) is 1. The van der Waals surface area contributed by atoms with Crippen molar-refractivity contribution >= 4 is 5.91 Å².